The Bertz CT molecular complexity index is 915. The first-order valence-electron chi connectivity index (χ1n) is 5.43. The second kappa shape index (κ2) is 4.24. The summed E-state index contributed by atoms with van der Waals surface area (Å²) in [5.74, 6) is 0. The van der Waals surface area contributed by atoms with Crippen molar-refractivity contribution in [1.82, 2.24) is 19.9 Å². The molecular formula is C13H3N7. The van der Waals surface area contributed by atoms with Crippen molar-refractivity contribution < 1.29 is 0 Å². The lowest BCUT2D eigenvalue weighted by molar-refractivity contribution is 1.32. The zero-order valence-electron chi connectivity index (χ0n) is 9.86. The quantitative estimate of drug-likeness (QED) is 0.592. The van der Waals surface area contributed by atoms with E-state index >= 15 is 0 Å². The number of nitriles is 3. The van der Waals surface area contributed by atoms with Crippen LogP contribution in [0, 0.1) is 34.0 Å². The van der Waals surface area contributed by atoms with E-state index < -0.39 is 0 Å². The summed E-state index contributed by atoms with van der Waals surface area (Å²) < 4.78 is 0. The van der Waals surface area contributed by atoms with Gasteiger partial charge in [-0.25, -0.2) is 19.9 Å². The second-order valence-corrected chi connectivity index (χ2v) is 3.85. The van der Waals surface area contributed by atoms with Crippen molar-refractivity contribution in [1.29, 1.82) is 15.8 Å². The molecule has 3 aromatic rings. The number of rotatable bonds is 0. The second-order valence-electron chi connectivity index (χ2n) is 3.85. The van der Waals surface area contributed by atoms with E-state index in [0.29, 0.717) is 11.3 Å². The number of hydrogen-bond acceptors (Lipinski definition) is 7. The van der Waals surface area contributed by atoms with Crippen LogP contribution in [0.2, 0.25) is 0 Å². The van der Waals surface area contributed by atoms with Gasteiger partial charge in [0, 0.05) is 0 Å². The highest BCUT2D eigenvalue weighted by atomic mass is 15.0. The van der Waals surface area contributed by atoms with Crippen molar-refractivity contribution >= 4 is 22.3 Å². The van der Waals surface area contributed by atoms with Crippen LogP contribution in [0.5, 0.6) is 0 Å². The SMILES string of the molecule is N#Cc1cc(C#N)c2nc3ncnc3nc2c(C#N)c1. The fraction of sp³-hybridized carbons (Fsp3) is 0. The summed E-state index contributed by atoms with van der Waals surface area (Å²) in [6.07, 6.45) is 1.31. The molecule has 0 atom stereocenters. The molecule has 0 spiro atoms. The Labute approximate surface area is 112 Å². The number of nitrogens with zero attached hydrogens (tertiary/aromatic N) is 7. The first-order valence-corrected chi connectivity index (χ1v) is 5.43. The average Bonchev–Trinajstić information content (AvgIpc) is 2.87. The molecule has 1 aromatic carbocycles. The first-order chi connectivity index (χ1) is 9.76. The zero-order valence-corrected chi connectivity index (χ0v) is 9.86. The molecule has 0 aliphatic heterocycles. The largest absolute Gasteiger partial charge is 0.222 e. The Hall–Kier alpha value is -3.63. The average molecular weight is 257 g/mol. The highest BCUT2D eigenvalue weighted by Crippen LogP contribution is 2.21. The van der Waals surface area contributed by atoms with E-state index in [4.69, 9.17) is 5.26 Å². The van der Waals surface area contributed by atoms with E-state index in [1.807, 2.05) is 18.2 Å². The molecule has 3 rings (SSSR count). The van der Waals surface area contributed by atoms with Crippen molar-refractivity contribution in [3.63, 3.8) is 0 Å². The molecule has 0 bridgehead atoms. The maximum absolute atomic E-state index is 9.21. The van der Waals surface area contributed by atoms with Crippen molar-refractivity contribution in [3.05, 3.63) is 35.2 Å². The van der Waals surface area contributed by atoms with Gasteiger partial charge < -0.3 is 0 Å². The number of aromatic nitrogens is 4. The smallest absolute Gasteiger partial charge is 0.199 e. The normalized spacial score (nSPS) is 9.85. The van der Waals surface area contributed by atoms with Crippen LogP contribution in [-0.2, 0) is 0 Å². The van der Waals surface area contributed by atoms with Gasteiger partial charge in [0.1, 0.15) is 29.5 Å². The van der Waals surface area contributed by atoms with Crippen LogP contribution in [0.1, 0.15) is 16.7 Å². The summed E-state index contributed by atoms with van der Waals surface area (Å²) >= 11 is 0. The Morgan fingerprint density at radius 3 is 1.65 bits per heavy atom. The third-order valence-corrected chi connectivity index (χ3v) is 2.70. The molecule has 0 N–H and O–H groups in total. The number of fused-ring (bicyclic) bond motifs is 2. The van der Waals surface area contributed by atoms with E-state index in [0.717, 1.165) is 0 Å². The van der Waals surface area contributed by atoms with Gasteiger partial charge in [0.05, 0.1) is 22.8 Å². The summed E-state index contributed by atoms with van der Waals surface area (Å²) in [5, 5.41) is 27.4. The van der Waals surface area contributed by atoms with Gasteiger partial charge in [-0.15, -0.1) is 0 Å². The Balaban J connectivity index is 2.64. The molecular weight excluding hydrogens is 254 g/mol. The highest BCUT2D eigenvalue weighted by Gasteiger charge is 2.12. The predicted octanol–water partition coefficient (Wildman–Crippen LogP) is 1.19. The van der Waals surface area contributed by atoms with Crippen LogP contribution in [0.15, 0.2) is 18.5 Å². The molecule has 2 aromatic heterocycles. The fourth-order valence-electron chi connectivity index (χ4n) is 1.83. The number of imidazole rings is 1. The van der Waals surface area contributed by atoms with Crippen LogP contribution in [0.25, 0.3) is 22.3 Å². The van der Waals surface area contributed by atoms with Gasteiger partial charge in [0.25, 0.3) is 0 Å². The fourth-order valence-corrected chi connectivity index (χ4v) is 1.83. The lowest BCUT2D eigenvalue weighted by Crippen LogP contribution is -1.89. The molecule has 7 nitrogen and oxygen atoms in total. The van der Waals surface area contributed by atoms with E-state index in [-0.39, 0.29) is 27.7 Å². The maximum Gasteiger partial charge on any atom is 0.199 e. The van der Waals surface area contributed by atoms with E-state index in [2.05, 4.69) is 19.9 Å². The van der Waals surface area contributed by atoms with Gasteiger partial charge in [-0.3, -0.25) is 0 Å². The van der Waals surface area contributed by atoms with Crippen molar-refractivity contribution in [2.45, 2.75) is 0 Å². The maximum atomic E-state index is 9.21. The Morgan fingerprint density at radius 2 is 1.25 bits per heavy atom. The summed E-state index contributed by atoms with van der Waals surface area (Å²) in [6.45, 7) is 0. The van der Waals surface area contributed by atoms with Crippen molar-refractivity contribution in [2.75, 3.05) is 0 Å². The van der Waals surface area contributed by atoms with Crippen LogP contribution >= 0.6 is 0 Å². The zero-order chi connectivity index (χ0) is 14.1. The van der Waals surface area contributed by atoms with Gasteiger partial charge in [0.2, 0.25) is 0 Å². The van der Waals surface area contributed by atoms with Crippen LogP contribution in [0.4, 0.5) is 0 Å². The molecule has 0 unspecified atom stereocenters. The molecule has 0 aliphatic carbocycles. The molecule has 0 saturated heterocycles. The van der Waals surface area contributed by atoms with Crippen molar-refractivity contribution in [2.24, 2.45) is 0 Å². The molecule has 7 heteroatoms. The minimum Gasteiger partial charge on any atom is -0.222 e. The topological polar surface area (TPSA) is 123 Å². The molecule has 0 aliphatic rings. The predicted molar refractivity (Wildman–Crippen MR) is 66.8 cm³/mol. The lowest BCUT2D eigenvalue weighted by Gasteiger charge is -1.94. The Morgan fingerprint density at radius 1 is 0.750 bits per heavy atom. The van der Waals surface area contributed by atoms with E-state index in [1.165, 1.54) is 18.5 Å². The van der Waals surface area contributed by atoms with Gasteiger partial charge in [-0.2, -0.15) is 15.8 Å². The minimum atomic E-state index is 0.162. The summed E-state index contributed by atoms with van der Waals surface area (Å²) in [7, 11) is 0. The first kappa shape index (κ1) is 11.5. The van der Waals surface area contributed by atoms with Crippen LogP contribution < -0.4 is 0 Å². The molecule has 0 fully saturated rings. The lowest BCUT2D eigenvalue weighted by atomic mass is 10.2. The molecule has 2 heterocycles. The molecule has 0 amide bonds. The van der Waals surface area contributed by atoms with E-state index in [9.17, 15) is 10.5 Å². The van der Waals surface area contributed by atoms with E-state index in [1.54, 1.807) is 0 Å². The summed E-state index contributed by atoms with van der Waals surface area (Å²) in [4.78, 5) is 16.3. The number of hydrogen-bond donors (Lipinski definition) is 0. The van der Waals surface area contributed by atoms with Gasteiger partial charge in [-0.05, 0) is 12.1 Å². The van der Waals surface area contributed by atoms with Crippen LogP contribution in [-0.4, -0.2) is 19.9 Å². The third kappa shape index (κ3) is 1.58. The molecule has 0 radical (unpaired) electrons. The van der Waals surface area contributed by atoms with Crippen molar-refractivity contribution in [3.8, 4) is 18.2 Å². The summed E-state index contributed by atoms with van der Waals surface area (Å²) in [5.41, 5.74) is 1.58. The standard InChI is InChI=1S/C13H3N7/c14-3-7-1-8(4-15)10-11(9(2-7)5-16)20-13-12(19-10)17-6-18-13/h1-2,6H. The Kier molecular flexibility index (Phi) is 2.43. The van der Waals surface area contributed by atoms with Crippen LogP contribution in [0.3, 0.4) is 0 Å². The molecule has 20 heavy (non-hydrogen) atoms. The molecule has 90 valence electrons. The van der Waals surface area contributed by atoms with Gasteiger partial charge >= 0.3 is 0 Å². The summed E-state index contributed by atoms with van der Waals surface area (Å²) in [6, 6.07) is 8.59. The van der Waals surface area contributed by atoms with Gasteiger partial charge in [0.15, 0.2) is 11.3 Å². The molecule has 0 saturated carbocycles. The van der Waals surface area contributed by atoms with Gasteiger partial charge in [-0.1, -0.05) is 0 Å². The minimum absolute atomic E-state index is 0.162. The third-order valence-electron chi connectivity index (χ3n) is 2.70. The monoisotopic (exact) mass is 257 g/mol. The highest BCUT2D eigenvalue weighted by molar-refractivity contribution is 5.90.